The minimum absolute atomic E-state index is 0.0419. The fraction of sp³-hybridized carbons (Fsp3) is 0.229. The van der Waals surface area contributed by atoms with Gasteiger partial charge in [0.05, 0.1) is 24.9 Å². The SMILES string of the molecule is CC1C(CN(C)CC(O)c2cccc(O)c2)OC(c2cccc(-c3cccc(CNC(=O)Nc4ccc(Oc5ccccc5)cc4)c3)c2)OC1c1ccc(CO)cc1. The summed E-state index contributed by atoms with van der Waals surface area (Å²) in [5.74, 6) is 1.48. The van der Waals surface area contributed by atoms with Gasteiger partial charge in [-0.2, -0.15) is 0 Å². The topological polar surface area (TPSA) is 133 Å². The number of phenolic OH excluding ortho intramolecular Hbond substituents is 1. The number of aliphatic hydroxyl groups excluding tert-OH is 2. The van der Waals surface area contributed by atoms with Crippen LogP contribution in [0, 0.1) is 5.92 Å². The molecular weight excluding hydrogens is 731 g/mol. The van der Waals surface area contributed by atoms with Gasteiger partial charge < -0.3 is 45.1 Å². The molecular formula is C48H49N3O7. The molecule has 1 fully saturated rings. The Bertz CT molecular complexity index is 2250. The fourth-order valence-electron chi connectivity index (χ4n) is 7.16. The van der Waals surface area contributed by atoms with Crippen LogP contribution in [0.5, 0.6) is 17.2 Å². The zero-order valence-electron chi connectivity index (χ0n) is 32.6. The Morgan fingerprint density at radius 1 is 0.759 bits per heavy atom. The number of anilines is 1. The molecule has 1 aliphatic rings. The summed E-state index contributed by atoms with van der Waals surface area (Å²) in [6.45, 7) is 3.27. The molecule has 1 heterocycles. The maximum Gasteiger partial charge on any atom is 0.319 e. The monoisotopic (exact) mass is 779 g/mol. The van der Waals surface area contributed by atoms with E-state index in [9.17, 15) is 20.1 Å². The Balaban J connectivity index is 1.02. The number of benzene rings is 6. The van der Waals surface area contributed by atoms with Crippen molar-refractivity contribution in [1.82, 2.24) is 10.2 Å². The fourth-order valence-corrected chi connectivity index (χ4v) is 7.16. The average Bonchev–Trinajstić information content (AvgIpc) is 3.25. The van der Waals surface area contributed by atoms with Gasteiger partial charge in [-0.25, -0.2) is 4.79 Å². The van der Waals surface area contributed by atoms with Crippen molar-refractivity contribution < 1.29 is 34.3 Å². The number of carbonyl (C=O) groups excluding carboxylic acids is 1. The maximum absolute atomic E-state index is 12.8. The number of carbonyl (C=O) groups is 1. The van der Waals surface area contributed by atoms with Crippen molar-refractivity contribution in [3.8, 4) is 28.4 Å². The van der Waals surface area contributed by atoms with E-state index in [0.717, 1.165) is 39.1 Å². The summed E-state index contributed by atoms with van der Waals surface area (Å²) < 4.78 is 19.3. The van der Waals surface area contributed by atoms with Gasteiger partial charge in [0, 0.05) is 36.8 Å². The number of aliphatic hydroxyl groups is 2. The van der Waals surface area contributed by atoms with Crippen molar-refractivity contribution >= 4 is 11.7 Å². The van der Waals surface area contributed by atoms with E-state index in [1.807, 2.05) is 115 Å². The summed E-state index contributed by atoms with van der Waals surface area (Å²) in [5, 5.41) is 36.4. The molecule has 0 saturated carbocycles. The van der Waals surface area contributed by atoms with Crippen molar-refractivity contribution in [2.45, 2.75) is 44.7 Å². The Morgan fingerprint density at radius 3 is 2.21 bits per heavy atom. The second-order valence-electron chi connectivity index (χ2n) is 14.7. The van der Waals surface area contributed by atoms with E-state index >= 15 is 0 Å². The molecule has 58 heavy (non-hydrogen) atoms. The van der Waals surface area contributed by atoms with Crippen molar-refractivity contribution in [3.63, 3.8) is 0 Å². The van der Waals surface area contributed by atoms with E-state index in [2.05, 4.69) is 29.7 Å². The predicted octanol–water partition coefficient (Wildman–Crippen LogP) is 9.12. The number of rotatable bonds is 14. The molecule has 0 radical (unpaired) electrons. The normalized spacial score (nSPS) is 18.4. The molecule has 0 aromatic heterocycles. The van der Waals surface area contributed by atoms with Gasteiger partial charge in [0.25, 0.3) is 0 Å². The summed E-state index contributed by atoms with van der Waals surface area (Å²) >= 11 is 0. The Labute approximate surface area is 339 Å². The summed E-state index contributed by atoms with van der Waals surface area (Å²) in [5.41, 5.74) is 6.84. The third-order valence-electron chi connectivity index (χ3n) is 10.3. The lowest BCUT2D eigenvalue weighted by Gasteiger charge is -2.42. The van der Waals surface area contributed by atoms with Crippen LogP contribution in [0.4, 0.5) is 10.5 Å². The number of hydrogen-bond acceptors (Lipinski definition) is 8. The largest absolute Gasteiger partial charge is 0.508 e. The molecule has 0 aliphatic carbocycles. The zero-order valence-corrected chi connectivity index (χ0v) is 32.6. The molecule has 1 aliphatic heterocycles. The summed E-state index contributed by atoms with van der Waals surface area (Å²) in [6.07, 6.45) is -2.03. The molecule has 7 rings (SSSR count). The van der Waals surface area contributed by atoms with Gasteiger partial charge in [0.2, 0.25) is 0 Å². The lowest BCUT2D eigenvalue weighted by molar-refractivity contribution is -0.276. The first-order valence-electron chi connectivity index (χ1n) is 19.4. The minimum atomic E-state index is -0.791. The van der Waals surface area contributed by atoms with Crippen molar-refractivity contribution in [1.29, 1.82) is 0 Å². The highest BCUT2D eigenvalue weighted by molar-refractivity contribution is 5.89. The first-order valence-corrected chi connectivity index (χ1v) is 19.4. The van der Waals surface area contributed by atoms with Crippen LogP contribution >= 0.6 is 0 Å². The van der Waals surface area contributed by atoms with Crippen LogP contribution < -0.4 is 15.4 Å². The molecule has 298 valence electrons. The number of nitrogens with zero attached hydrogens (tertiary/aromatic N) is 1. The van der Waals surface area contributed by atoms with Gasteiger partial charge in [0.1, 0.15) is 17.2 Å². The van der Waals surface area contributed by atoms with Crippen LogP contribution in [0.3, 0.4) is 0 Å². The first kappa shape index (κ1) is 40.2. The van der Waals surface area contributed by atoms with Gasteiger partial charge >= 0.3 is 6.03 Å². The number of amides is 2. The Kier molecular flexibility index (Phi) is 13.1. The van der Waals surface area contributed by atoms with E-state index in [1.165, 1.54) is 0 Å². The molecule has 5 N–H and O–H groups in total. The molecule has 5 atom stereocenters. The van der Waals surface area contributed by atoms with Crippen molar-refractivity contribution in [3.05, 3.63) is 179 Å². The molecule has 6 aromatic rings. The molecule has 0 spiro atoms. The quantitative estimate of drug-likeness (QED) is 0.0740. The van der Waals surface area contributed by atoms with Crippen molar-refractivity contribution in [2.75, 3.05) is 25.5 Å². The summed E-state index contributed by atoms with van der Waals surface area (Å²) in [4.78, 5) is 14.9. The highest BCUT2D eigenvalue weighted by Crippen LogP contribution is 2.42. The lowest BCUT2D eigenvalue weighted by atomic mass is 9.89. The Hall–Kier alpha value is -6.01. The number of likely N-dealkylation sites (N-methyl/N-ethyl adjacent to an activating group) is 1. The summed E-state index contributed by atoms with van der Waals surface area (Å²) in [6, 6.07) is 47.1. The van der Waals surface area contributed by atoms with Crippen LogP contribution in [-0.2, 0) is 22.6 Å². The molecule has 10 nitrogen and oxygen atoms in total. The number of nitrogens with one attached hydrogen (secondary N) is 2. The van der Waals surface area contributed by atoms with E-state index in [4.69, 9.17) is 14.2 Å². The molecule has 6 aromatic carbocycles. The highest BCUT2D eigenvalue weighted by Gasteiger charge is 2.39. The number of phenols is 1. The molecule has 2 amide bonds. The summed E-state index contributed by atoms with van der Waals surface area (Å²) in [7, 11) is 1.95. The molecule has 0 bridgehead atoms. The van der Waals surface area contributed by atoms with E-state index in [-0.39, 0.29) is 36.5 Å². The Morgan fingerprint density at radius 2 is 1.47 bits per heavy atom. The van der Waals surface area contributed by atoms with Gasteiger partial charge in [-0.05, 0) is 101 Å². The predicted molar refractivity (Wildman–Crippen MR) is 224 cm³/mol. The van der Waals surface area contributed by atoms with Crippen LogP contribution in [0.1, 0.15) is 53.2 Å². The second kappa shape index (κ2) is 19.0. The smallest absolute Gasteiger partial charge is 0.319 e. The van der Waals surface area contributed by atoms with E-state index in [0.29, 0.717) is 36.6 Å². The molecule has 1 saturated heterocycles. The number of hydrogen-bond donors (Lipinski definition) is 5. The van der Waals surface area contributed by atoms with Gasteiger partial charge in [-0.1, -0.05) is 97.9 Å². The zero-order chi connectivity index (χ0) is 40.4. The number of ether oxygens (including phenoxy) is 3. The average molecular weight is 780 g/mol. The third-order valence-corrected chi connectivity index (χ3v) is 10.3. The lowest BCUT2D eigenvalue weighted by Crippen LogP contribution is -2.44. The van der Waals surface area contributed by atoms with Crippen molar-refractivity contribution in [2.24, 2.45) is 5.92 Å². The van der Waals surface area contributed by atoms with Crippen LogP contribution in [0.2, 0.25) is 0 Å². The highest BCUT2D eigenvalue weighted by atomic mass is 16.7. The number of para-hydroxylation sites is 1. The van der Waals surface area contributed by atoms with Crippen LogP contribution in [0.25, 0.3) is 11.1 Å². The molecule has 10 heteroatoms. The van der Waals surface area contributed by atoms with Gasteiger partial charge in [0.15, 0.2) is 6.29 Å². The second-order valence-corrected chi connectivity index (χ2v) is 14.7. The van der Waals surface area contributed by atoms with Crippen LogP contribution in [0.15, 0.2) is 152 Å². The first-order chi connectivity index (χ1) is 28.2. The standard InChI is InChI=1S/C48H49N3O7/c1-32-45(30-51(2)29-44(54)38-12-8-14-41(53)27-38)57-47(58-46(32)35-19-17-33(31-52)18-20-35)39-13-7-11-37(26-39)36-10-6-9-34(25-36)28-49-48(55)50-40-21-23-43(24-22-40)56-42-15-4-3-5-16-42/h3-27,32,44-47,52-54H,28-31H2,1-2H3,(H2,49,50,55). The number of aromatic hydroxyl groups is 1. The van der Waals surface area contributed by atoms with Crippen LogP contribution in [-0.4, -0.2) is 52.5 Å². The van der Waals surface area contributed by atoms with E-state index in [1.54, 1.807) is 36.4 Å². The third kappa shape index (κ3) is 10.5. The van der Waals surface area contributed by atoms with Gasteiger partial charge in [-0.3, -0.25) is 0 Å². The number of urea groups is 1. The maximum atomic E-state index is 12.8. The molecule has 5 unspecified atom stereocenters. The minimum Gasteiger partial charge on any atom is -0.508 e. The van der Waals surface area contributed by atoms with Gasteiger partial charge in [-0.15, -0.1) is 0 Å². The van der Waals surface area contributed by atoms with E-state index < -0.39 is 12.4 Å².